The van der Waals surface area contributed by atoms with Gasteiger partial charge in [0.05, 0.1) is 6.54 Å². The molecule has 0 aliphatic carbocycles. The fourth-order valence-electron chi connectivity index (χ4n) is 2.55. The second-order valence-corrected chi connectivity index (χ2v) is 5.79. The Balaban J connectivity index is 1.94. The quantitative estimate of drug-likeness (QED) is 0.524. The van der Waals surface area contributed by atoms with Crippen LogP contribution in [0.25, 0.3) is 6.08 Å². The van der Waals surface area contributed by atoms with E-state index in [0.717, 1.165) is 22.4 Å². The van der Waals surface area contributed by atoms with Gasteiger partial charge in [-0.3, -0.25) is 0 Å². The van der Waals surface area contributed by atoms with Crippen molar-refractivity contribution in [3.05, 3.63) is 108 Å². The summed E-state index contributed by atoms with van der Waals surface area (Å²) in [4.78, 5) is 1.70. The van der Waals surface area contributed by atoms with Gasteiger partial charge in [0.1, 0.15) is 0 Å². The third-order valence-electron chi connectivity index (χ3n) is 3.87. The molecule has 0 radical (unpaired) electrons. The summed E-state index contributed by atoms with van der Waals surface area (Å²) in [7, 11) is 0. The van der Waals surface area contributed by atoms with Gasteiger partial charge in [-0.15, -0.1) is 0 Å². The van der Waals surface area contributed by atoms with Crippen molar-refractivity contribution in [2.75, 3.05) is 4.90 Å². The van der Waals surface area contributed by atoms with Crippen molar-refractivity contribution in [1.29, 1.82) is 0 Å². The van der Waals surface area contributed by atoms with E-state index in [0.29, 0.717) is 6.54 Å². The molecule has 0 aliphatic rings. The number of halogens is 1. The summed E-state index contributed by atoms with van der Waals surface area (Å²) < 4.78 is 15.0. The molecule has 0 saturated heterocycles. The van der Waals surface area contributed by atoms with Gasteiger partial charge in [-0.05, 0) is 36.3 Å². The highest BCUT2D eigenvalue weighted by atomic mass is 19.1. The number of aryl methyl sites for hydroxylation is 1. The van der Waals surface area contributed by atoms with E-state index in [1.807, 2.05) is 91.9 Å². The van der Waals surface area contributed by atoms with Gasteiger partial charge >= 0.3 is 0 Å². The van der Waals surface area contributed by atoms with Crippen molar-refractivity contribution < 1.29 is 4.39 Å². The zero-order chi connectivity index (χ0) is 16.8. The number of nitrogens with zero attached hydrogens (tertiary/aromatic N) is 1. The predicted octanol–water partition coefficient (Wildman–Crippen LogP) is 5.97. The molecule has 0 aromatic heterocycles. The highest BCUT2D eigenvalue weighted by Crippen LogP contribution is 2.25. The molecule has 0 N–H and O–H groups in total. The molecule has 24 heavy (non-hydrogen) atoms. The summed E-state index contributed by atoms with van der Waals surface area (Å²) >= 11 is 0. The van der Waals surface area contributed by atoms with Gasteiger partial charge < -0.3 is 4.90 Å². The van der Waals surface area contributed by atoms with Crippen molar-refractivity contribution in [3.8, 4) is 0 Å². The molecular weight excluding hydrogens is 297 g/mol. The van der Waals surface area contributed by atoms with E-state index in [-0.39, 0.29) is 5.95 Å². The van der Waals surface area contributed by atoms with Crippen LogP contribution in [-0.4, -0.2) is 0 Å². The standard InChI is InChI=1S/C22H20FN/c1-18-12-14-21(15-13-18)24(17-20-10-6-3-7-11-20)22(23)16-19-8-4-2-5-9-19/h2-16H,17H2,1H3/b22-16-. The Labute approximate surface area is 142 Å². The lowest BCUT2D eigenvalue weighted by molar-refractivity contribution is 0.593. The molecule has 0 aliphatic heterocycles. The normalized spacial score (nSPS) is 11.3. The zero-order valence-electron chi connectivity index (χ0n) is 13.7. The third-order valence-corrected chi connectivity index (χ3v) is 3.87. The highest BCUT2D eigenvalue weighted by Gasteiger charge is 2.12. The minimum absolute atomic E-state index is 0.270. The Kier molecular flexibility index (Phi) is 5.07. The fraction of sp³-hybridized carbons (Fsp3) is 0.0909. The van der Waals surface area contributed by atoms with E-state index >= 15 is 4.39 Å². The lowest BCUT2D eigenvalue weighted by Gasteiger charge is -2.23. The van der Waals surface area contributed by atoms with E-state index < -0.39 is 0 Å². The number of rotatable bonds is 5. The summed E-state index contributed by atoms with van der Waals surface area (Å²) in [6, 6.07) is 27.4. The Morgan fingerprint density at radius 3 is 2.04 bits per heavy atom. The molecule has 3 aromatic rings. The van der Waals surface area contributed by atoms with Crippen molar-refractivity contribution in [1.82, 2.24) is 0 Å². The third kappa shape index (κ3) is 4.11. The summed E-state index contributed by atoms with van der Waals surface area (Å²) in [5.41, 5.74) is 3.91. The van der Waals surface area contributed by atoms with Gasteiger partial charge in [-0.2, -0.15) is 4.39 Å². The molecule has 1 nitrogen and oxygen atoms in total. The van der Waals surface area contributed by atoms with Crippen LogP contribution in [0.2, 0.25) is 0 Å². The summed E-state index contributed by atoms with van der Waals surface area (Å²) in [5.74, 6) is -0.270. The van der Waals surface area contributed by atoms with Crippen LogP contribution in [0.4, 0.5) is 10.1 Å². The Morgan fingerprint density at radius 1 is 0.833 bits per heavy atom. The van der Waals surface area contributed by atoms with Crippen molar-refractivity contribution in [2.45, 2.75) is 13.5 Å². The van der Waals surface area contributed by atoms with Crippen LogP contribution < -0.4 is 4.90 Å². The highest BCUT2D eigenvalue weighted by molar-refractivity contribution is 5.60. The molecule has 0 amide bonds. The molecule has 2 heteroatoms. The lowest BCUT2D eigenvalue weighted by Crippen LogP contribution is -2.19. The topological polar surface area (TPSA) is 3.24 Å². The zero-order valence-corrected chi connectivity index (χ0v) is 13.7. The van der Waals surface area contributed by atoms with Crippen LogP contribution in [-0.2, 0) is 6.54 Å². The van der Waals surface area contributed by atoms with Gasteiger partial charge in [0.25, 0.3) is 0 Å². The molecule has 0 spiro atoms. The van der Waals surface area contributed by atoms with Gasteiger partial charge in [-0.25, -0.2) is 0 Å². The molecule has 3 rings (SSSR count). The number of hydrogen-bond acceptors (Lipinski definition) is 1. The molecule has 120 valence electrons. The monoisotopic (exact) mass is 317 g/mol. The van der Waals surface area contributed by atoms with Crippen LogP contribution in [0.3, 0.4) is 0 Å². The van der Waals surface area contributed by atoms with Crippen LogP contribution in [0.1, 0.15) is 16.7 Å². The molecule has 3 aromatic carbocycles. The minimum atomic E-state index is -0.270. The molecular formula is C22H20FN. The first kappa shape index (κ1) is 16.0. The van der Waals surface area contributed by atoms with E-state index in [2.05, 4.69) is 0 Å². The van der Waals surface area contributed by atoms with E-state index in [1.54, 1.807) is 11.0 Å². The lowest BCUT2D eigenvalue weighted by atomic mass is 10.1. The average molecular weight is 317 g/mol. The SMILES string of the molecule is Cc1ccc(N(Cc2ccccc2)/C(F)=C\c2ccccc2)cc1. The maximum absolute atomic E-state index is 15.0. The average Bonchev–Trinajstić information content (AvgIpc) is 2.62. The van der Waals surface area contributed by atoms with Gasteiger partial charge in [0, 0.05) is 5.69 Å². The predicted molar refractivity (Wildman–Crippen MR) is 99.3 cm³/mol. The van der Waals surface area contributed by atoms with Crippen molar-refractivity contribution in [3.63, 3.8) is 0 Å². The van der Waals surface area contributed by atoms with Crippen LogP contribution in [0.15, 0.2) is 90.9 Å². The minimum Gasteiger partial charge on any atom is -0.314 e. The summed E-state index contributed by atoms with van der Waals surface area (Å²) in [6.07, 6.45) is 1.57. The largest absolute Gasteiger partial charge is 0.314 e. The number of anilines is 1. The summed E-state index contributed by atoms with van der Waals surface area (Å²) in [6.45, 7) is 2.51. The van der Waals surface area contributed by atoms with E-state index in [9.17, 15) is 0 Å². The second-order valence-electron chi connectivity index (χ2n) is 5.79. The van der Waals surface area contributed by atoms with Crippen LogP contribution in [0.5, 0.6) is 0 Å². The molecule has 0 bridgehead atoms. The summed E-state index contributed by atoms with van der Waals surface area (Å²) in [5, 5.41) is 0. The van der Waals surface area contributed by atoms with Crippen LogP contribution in [0, 0.1) is 6.92 Å². The molecule has 0 heterocycles. The van der Waals surface area contributed by atoms with Crippen molar-refractivity contribution >= 4 is 11.8 Å². The first-order chi connectivity index (χ1) is 11.7. The number of benzene rings is 3. The smallest absolute Gasteiger partial charge is 0.194 e. The fourth-order valence-corrected chi connectivity index (χ4v) is 2.55. The van der Waals surface area contributed by atoms with E-state index in [1.165, 1.54) is 0 Å². The number of hydrogen-bond donors (Lipinski definition) is 0. The van der Waals surface area contributed by atoms with Crippen molar-refractivity contribution in [2.24, 2.45) is 0 Å². The van der Waals surface area contributed by atoms with Gasteiger partial charge in [-0.1, -0.05) is 78.4 Å². The molecule has 0 atom stereocenters. The first-order valence-electron chi connectivity index (χ1n) is 8.03. The Bertz CT molecular complexity index is 792. The maximum Gasteiger partial charge on any atom is 0.194 e. The maximum atomic E-state index is 15.0. The first-order valence-corrected chi connectivity index (χ1v) is 8.03. The van der Waals surface area contributed by atoms with Gasteiger partial charge in [0.2, 0.25) is 0 Å². The Morgan fingerprint density at radius 2 is 1.42 bits per heavy atom. The molecule has 0 saturated carbocycles. The molecule has 0 fully saturated rings. The van der Waals surface area contributed by atoms with E-state index in [4.69, 9.17) is 0 Å². The Hall–Kier alpha value is -2.87. The van der Waals surface area contributed by atoms with Crippen LogP contribution >= 0.6 is 0 Å². The molecule has 0 unspecified atom stereocenters. The van der Waals surface area contributed by atoms with Gasteiger partial charge in [0.15, 0.2) is 5.95 Å². The second kappa shape index (κ2) is 7.60.